The Morgan fingerprint density at radius 3 is 2.59 bits per heavy atom. The van der Waals surface area contributed by atoms with E-state index in [4.69, 9.17) is 4.74 Å². The molecule has 1 amide bonds. The van der Waals surface area contributed by atoms with Crippen molar-refractivity contribution in [1.29, 1.82) is 0 Å². The van der Waals surface area contributed by atoms with Crippen molar-refractivity contribution in [2.75, 3.05) is 32.8 Å². The highest BCUT2D eigenvalue weighted by Crippen LogP contribution is 2.34. The molecule has 5 rings (SSSR count). The number of morpholine rings is 1. The van der Waals surface area contributed by atoms with Gasteiger partial charge in [-0.25, -0.2) is 0 Å². The van der Waals surface area contributed by atoms with Crippen molar-refractivity contribution in [2.45, 2.75) is 37.9 Å². The van der Waals surface area contributed by atoms with Gasteiger partial charge < -0.3 is 14.2 Å². The van der Waals surface area contributed by atoms with Crippen molar-refractivity contribution < 1.29 is 9.53 Å². The fourth-order valence-corrected chi connectivity index (χ4v) is 4.69. The molecule has 0 radical (unpaired) electrons. The second kappa shape index (κ2) is 7.43. The Balaban J connectivity index is 1.37. The zero-order valence-corrected chi connectivity index (χ0v) is 16.8. The Hall–Kier alpha value is -2.44. The van der Waals surface area contributed by atoms with Gasteiger partial charge in [0.25, 0.3) is 11.5 Å². The third kappa shape index (κ3) is 3.40. The van der Waals surface area contributed by atoms with E-state index < -0.39 is 0 Å². The molecule has 3 aliphatic rings. The molecule has 0 spiro atoms. The number of aryl methyl sites for hydroxylation is 1. The number of carbonyl (C=O) groups is 1. The third-order valence-electron chi connectivity index (χ3n) is 6.47. The molecule has 152 valence electrons. The van der Waals surface area contributed by atoms with Crippen LogP contribution in [0, 0.1) is 6.92 Å². The highest BCUT2D eigenvalue weighted by molar-refractivity contribution is 5.95. The van der Waals surface area contributed by atoms with Crippen LogP contribution in [0.1, 0.15) is 46.4 Å². The molecule has 3 fully saturated rings. The lowest BCUT2D eigenvalue weighted by Crippen LogP contribution is -2.60. The van der Waals surface area contributed by atoms with Crippen LogP contribution in [-0.2, 0) is 4.74 Å². The second-order valence-corrected chi connectivity index (χ2v) is 8.42. The van der Waals surface area contributed by atoms with Crippen LogP contribution in [0.5, 0.6) is 0 Å². The maximum Gasteiger partial charge on any atom is 0.263 e. The molecule has 6 heteroatoms. The summed E-state index contributed by atoms with van der Waals surface area (Å²) in [5, 5.41) is 0. The maximum absolute atomic E-state index is 13.3. The highest BCUT2D eigenvalue weighted by atomic mass is 16.5. The fraction of sp³-hybridized carbons (Fsp3) is 0.478. The third-order valence-corrected chi connectivity index (χ3v) is 6.47. The van der Waals surface area contributed by atoms with Gasteiger partial charge in [-0.2, -0.15) is 0 Å². The summed E-state index contributed by atoms with van der Waals surface area (Å²) in [6.45, 7) is 5.18. The van der Waals surface area contributed by atoms with Gasteiger partial charge in [-0.1, -0.05) is 30.3 Å². The summed E-state index contributed by atoms with van der Waals surface area (Å²) >= 11 is 0. The Morgan fingerprint density at radius 2 is 1.83 bits per heavy atom. The molecule has 2 aromatic rings. The van der Waals surface area contributed by atoms with Crippen molar-refractivity contribution in [3.8, 4) is 0 Å². The topological polar surface area (TPSA) is 54.8 Å². The van der Waals surface area contributed by atoms with Gasteiger partial charge in [0.1, 0.15) is 5.56 Å². The SMILES string of the molecule is Cc1ccn(C2CC2)c(=O)c1C(=O)N1CCN2[C@@H](COC[C@@H]2c2ccccc2)C1. The molecule has 0 bridgehead atoms. The number of nitrogens with zero attached hydrogens (tertiary/aromatic N) is 3. The maximum atomic E-state index is 13.3. The van der Waals surface area contributed by atoms with E-state index in [1.54, 1.807) is 4.57 Å². The van der Waals surface area contributed by atoms with E-state index in [1.807, 2.05) is 30.2 Å². The normalized spacial score (nSPS) is 24.9. The summed E-state index contributed by atoms with van der Waals surface area (Å²) in [5.41, 5.74) is 2.22. The number of pyridine rings is 1. The number of ether oxygens (including phenoxy) is 1. The average Bonchev–Trinajstić information content (AvgIpc) is 3.59. The van der Waals surface area contributed by atoms with Crippen molar-refractivity contribution in [2.24, 2.45) is 0 Å². The number of amides is 1. The first kappa shape index (κ1) is 18.6. The Kier molecular flexibility index (Phi) is 4.76. The van der Waals surface area contributed by atoms with Gasteiger partial charge in [-0.15, -0.1) is 0 Å². The quantitative estimate of drug-likeness (QED) is 0.804. The Labute approximate surface area is 170 Å². The molecular formula is C23H27N3O3. The van der Waals surface area contributed by atoms with Crippen LogP contribution in [0.3, 0.4) is 0 Å². The first-order chi connectivity index (χ1) is 14.1. The van der Waals surface area contributed by atoms with Gasteiger partial charge in [-0.05, 0) is 37.0 Å². The van der Waals surface area contributed by atoms with Gasteiger partial charge in [0.2, 0.25) is 0 Å². The van der Waals surface area contributed by atoms with Crippen molar-refractivity contribution in [3.05, 3.63) is 69.6 Å². The van der Waals surface area contributed by atoms with Gasteiger partial charge in [0.15, 0.2) is 0 Å². The lowest BCUT2D eigenvalue weighted by molar-refractivity contribution is -0.0770. The van der Waals surface area contributed by atoms with Crippen LogP contribution in [0.2, 0.25) is 0 Å². The van der Waals surface area contributed by atoms with Crippen LogP contribution in [0.25, 0.3) is 0 Å². The summed E-state index contributed by atoms with van der Waals surface area (Å²) in [6, 6.07) is 13.0. The van der Waals surface area contributed by atoms with Gasteiger partial charge in [0, 0.05) is 31.9 Å². The van der Waals surface area contributed by atoms with Gasteiger partial charge in [-0.3, -0.25) is 14.5 Å². The summed E-state index contributed by atoms with van der Waals surface area (Å²) in [5.74, 6) is -0.135. The van der Waals surface area contributed by atoms with Crippen LogP contribution >= 0.6 is 0 Å². The van der Waals surface area contributed by atoms with E-state index in [1.165, 1.54) is 5.56 Å². The number of piperazine rings is 1. The number of hydrogen-bond acceptors (Lipinski definition) is 4. The first-order valence-corrected chi connectivity index (χ1v) is 10.5. The van der Waals surface area contributed by atoms with Gasteiger partial charge in [0.05, 0.1) is 25.3 Å². The molecule has 2 aliphatic heterocycles. The van der Waals surface area contributed by atoms with Crippen LogP contribution in [0.15, 0.2) is 47.4 Å². The zero-order valence-electron chi connectivity index (χ0n) is 16.8. The van der Waals surface area contributed by atoms with E-state index in [2.05, 4.69) is 29.2 Å². The summed E-state index contributed by atoms with van der Waals surface area (Å²) < 4.78 is 7.64. The number of rotatable bonds is 3. The van der Waals surface area contributed by atoms with E-state index in [9.17, 15) is 9.59 Å². The number of hydrogen-bond donors (Lipinski definition) is 0. The minimum Gasteiger partial charge on any atom is -0.378 e. The first-order valence-electron chi connectivity index (χ1n) is 10.5. The number of fused-ring (bicyclic) bond motifs is 1. The van der Waals surface area contributed by atoms with Gasteiger partial charge >= 0.3 is 0 Å². The number of carbonyl (C=O) groups excluding carboxylic acids is 1. The lowest BCUT2D eigenvalue weighted by atomic mass is 9.99. The van der Waals surface area contributed by atoms with Crippen LogP contribution in [0.4, 0.5) is 0 Å². The molecule has 1 aromatic heterocycles. The number of aromatic nitrogens is 1. The minimum atomic E-state index is -0.137. The van der Waals surface area contributed by atoms with Crippen molar-refractivity contribution in [3.63, 3.8) is 0 Å². The molecule has 0 N–H and O–H groups in total. The molecule has 3 heterocycles. The summed E-state index contributed by atoms with van der Waals surface area (Å²) in [7, 11) is 0. The molecule has 1 aliphatic carbocycles. The smallest absolute Gasteiger partial charge is 0.263 e. The molecular weight excluding hydrogens is 366 g/mol. The monoisotopic (exact) mass is 393 g/mol. The van der Waals surface area contributed by atoms with E-state index in [0.29, 0.717) is 31.9 Å². The van der Waals surface area contributed by atoms with Crippen molar-refractivity contribution in [1.82, 2.24) is 14.4 Å². The van der Waals surface area contributed by atoms with E-state index in [0.717, 1.165) is 24.9 Å². The second-order valence-electron chi connectivity index (χ2n) is 8.42. The standard InChI is InChI=1S/C23H27N3O3/c1-16-9-10-26(18-7-8-18)23(28)21(16)22(27)24-11-12-25-19(13-24)14-29-15-20(25)17-5-3-2-4-6-17/h2-6,9-10,18-20H,7-8,11-15H2,1H3/t19-,20-/m1/s1. The fourth-order valence-electron chi connectivity index (χ4n) is 4.69. The van der Waals surface area contributed by atoms with Crippen LogP contribution < -0.4 is 5.56 Å². The van der Waals surface area contributed by atoms with Crippen molar-refractivity contribution >= 4 is 5.91 Å². The molecule has 6 nitrogen and oxygen atoms in total. The molecule has 1 aromatic carbocycles. The molecule has 2 atom stereocenters. The average molecular weight is 393 g/mol. The number of benzene rings is 1. The summed E-state index contributed by atoms with van der Waals surface area (Å²) in [4.78, 5) is 30.6. The Morgan fingerprint density at radius 1 is 1.03 bits per heavy atom. The predicted octanol–water partition coefficient (Wildman–Crippen LogP) is 2.39. The summed E-state index contributed by atoms with van der Waals surface area (Å²) in [6.07, 6.45) is 3.88. The molecule has 29 heavy (non-hydrogen) atoms. The van der Waals surface area contributed by atoms with E-state index in [-0.39, 0.29) is 29.6 Å². The highest BCUT2D eigenvalue weighted by Gasteiger charge is 2.38. The molecule has 0 unspecified atom stereocenters. The molecule has 2 saturated heterocycles. The van der Waals surface area contributed by atoms with Crippen LogP contribution in [-0.4, -0.2) is 59.2 Å². The molecule has 1 saturated carbocycles. The largest absolute Gasteiger partial charge is 0.378 e. The Bertz CT molecular complexity index is 967. The minimum absolute atomic E-state index is 0.135. The lowest BCUT2D eigenvalue weighted by Gasteiger charge is -2.48. The van der Waals surface area contributed by atoms with E-state index >= 15 is 0 Å². The predicted molar refractivity (Wildman–Crippen MR) is 110 cm³/mol. The zero-order chi connectivity index (χ0) is 20.0.